The molecule has 3 rings (SSSR count). The van der Waals surface area contributed by atoms with Gasteiger partial charge in [-0.2, -0.15) is 0 Å². The molecule has 0 aliphatic rings. The van der Waals surface area contributed by atoms with Gasteiger partial charge in [0.1, 0.15) is 18.5 Å². The van der Waals surface area contributed by atoms with Crippen LogP contribution in [0, 0.1) is 27.2 Å². The van der Waals surface area contributed by atoms with E-state index in [4.69, 9.17) is 4.74 Å². The minimum absolute atomic E-state index is 0.00325. The van der Waals surface area contributed by atoms with Crippen molar-refractivity contribution in [2.45, 2.75) is 25.2 Å². The summed E-state index contributed by atoms with van der Waals surface area (Å²) in [5, 5.41) is 54.0. The second-order valence-corrected chi connectivity index (χ2v) is 8.68. The number of aliphatic hydroxyl groups excluding tert-OH is 3. The summed E-state index contributed by atoms with van der Waals surface area (Å²) in [6.07, 6.45) is -3.09. The molecule has 0 saturated carbocycles. The number of rotatable bonds is 13. The number of aliphatic hydroxyl groups is 3. The molecule has 0 spiro atoms. The predicted octanol–water partition coefficient (Wildman–Crippen LogP) is 3.32. The van der Waals surface area contributed by atoms with Crippen molar-refractivity contribution >= 4 is 11.4 Å². The van der Waals surface area contributed by atoms with Gasteiger partial charge in [-0.25, -0.2) is 0 Å². The summed E-state index contributed by atoms with van der Waals surface area (Å²) < 4.78 is 5.72. The lowest BCUT2D eigenvalue weighted by Gasteiger charge is -2.29. The van der Waals surface area contributed by atoms with Crippen molar-refractivity contribution in [1.29, 1.82) is 0 Å². The van der Waals surface area contributed by atoms with Gasteiger partial charge in [-0.1, -0.05) is 18.2 Å². The minimum Gasteiger partial charge on any atom is -0.491 e. The van der Waals surface area contributed by atoms with Crippen LogP contribution in [-0.2, 0) is 0 Å². The number of para-hydroxylation sites is 1. The number of hydrogen-bond acceptors (Lipinski definition) is 9. The van der Waals surface area contributed by atoms with E-state index in [0.717, 1.165) is 5.56 Å². The second-order valence-electron chi connectivity index (χ2n) is 8.68. The van der Waals surface area contributed by atoms with E-state index in [1.165, 1.54) is 48.5 Å². The summed E-state index contributed by atoms with van der Waals surface area (Å²) in [7, 11) is 0. The maximum absolute atomic E-state index is 10.9. The van der Waals surface area contributed by atoms with E-state index in [0.29, 0.717) is 16.9 Å². The summed E-state index contributed by atoms with van der Waals surface area (Å²) in [6, 6.07) is 18.3. The van der Waals surface area contributed by atoms with Gasteiger partial charge >= 0.3 is 0 Å². The van der Waals surface area contributed by atoms with E-state index < -0.39 is 28.2 Å². The molecule has 0 saturated heterocycles. The van der Waals surface area contributed by atoms with Gasteiger partial charge in [-0.05, 0) is 53.9 Å². The molecule has 0 unspecified atom stereocenters. The molecule has 3 atom stereocenters. The molecule has 37 heavy (non-hydrogen) atoms. The minimum atomic E-state index is -1.06. The number of benzene rings is 3. The number of hydrogen-bond donors (Lipinski definition) is 3. The standard InChI is InChI=1S/C26H29N3O8/c1-18-4-2-3-5-26(18)37-17-23(30)14-27(15-24(31)19-6-10-21(11-7-19)28(33)34)16-25(32)20-8-12-22(13-9-20)29(35)36/h2-13,23-25,30-32H,14-17H2,1H3/t23-,24+,25+/m1/s1. The highest BCUT2D eigenvalue weighted by atomic mass is 16.6. The first-order chi connectivity index (χ1) is 17.6. The number of non-ortho nitro benzene ring substituents is 2. The number of nitro benzene ring substituents is 2. The van der Waals surface area contributed by atoms with Crippen LogP contribution in [0.3, 0.4) is 0 Å². The van der Waals surface area contributed by atoms with Crippen molar-refractivity contribution in [2.75, 3.05) is 26.2 Å². The Bertz CT molecular complexity index is 1120. The second kappa shape index (κ2) is 12.9. The van der Waals surface area contributed by atoms with Crippen LogP contribution < -0.4 is 4.74 Å². The summed E-state index contributed by atoms with van der Waals surface area (Å²) in [5.74, 6) is 0.630. The SMILES string of the molecule is Cc1ccccc1OC[C@H](O)CN(C[C@H](O)c1ccc([N+](=O)[O-])cc1)C[C@H](O)c1ccc([N+](=O)[O-])cc1. The molecule has 0 aliphatic heterocycles. The number of nitro groups is 2. The van der Waals surface area contributed by atoms with Gasteiger partial charge in [-0.3, -0.25) is 25.1 Å². The highest BCUT2D eigenvalue weighted by Crippen LogP contribution is 2.23. The summed E-state index contributed by atoms with van der Waals surface area (Å²) >= 11 is 0. The van der Waals surface area contributed by atoms with Crippen LogP contribution in [0.5, 0.6) is 5.75 Å². The average molecular weight is 512 g/mol. The Morgan fingerprint density at radius 2 is 1.22 bits per heavy atom. The summed E-state index contributed by atoms with van der Waals surface area (Å²) in [4.78, 5) is 22.4. The molecule has 0 aliphatic carbocycles. The molecule has 196 valence electrons. The lowest BCUT2D eigenvalue weighted by Crippen LogP contribution is -2.40. The predicted molar refractivity (Wildman–Crippen MR) is 135 cm³/mol. The van der Waals surface area contributed by atoms with Gasteiger partial charge in [-0.15, -0.1) is 0 Å². The molecule has 0 aromatic heterocycles. The van der Waals surface area contributed by atoms with Crippen molar-refractivity contribution in [2.24, 2.45) is 0 Å². The molecular formula is C26H29N3O8. The van der Waals surface area contributed by atoms with Crippen LogP contribution in [0.25, 0.3) is 0 Å². The van der Waals surface area contributed by atoms with Crippen molar-refractivity contribution in [3.8, 4) is 5.75 Å². The zero-order valence-electron chi connectivity index (χ0n) is 20.2. The molecule has 0 radical (unpaired) electrons. The van der Waals surface area contributed by atoms with Crippen LogP contribution in [0.15, 0.2) is 72.8 Å². The molecular weight excluding hydrogens is 482 g/mol. The Morgan fingerprint density at radius 1 is 0.757 bits per heavy atom. The van der Waals surface area contributed by atoms with Gasteiger partial charge in [0, 0.05) is 43.9 Å². The summed E-state index contributed by atoms with van der Waals surface area (Å²) in [6.45, 7) is 1.91. The Morgan fingerprint density at radius 3 is 1.65 bits per heavy atom. The number of aryl methyl sites for hydroxylation is 1. The van der Waals surface area contributed by atoms with Gasteiger partial charge < -0.3 is 20.1 Å². The van der Waals surface area contributed by atoms with Gasteiger partial charge in [0.25, 0.3) is 11.4 Å². The molecule has 0 fully saturated rings. The van der Waals surface area contributed by atoms with Gasteiger partial charge in [0.15, 0.2) is 0 Å². The molecule has 11 heteroatoms. The normalized spacial score (nSPS) is 13.6. The zero-order chi connectivity index (χ0) is 26.9. The van der Waals surface area contributed by atoms with Crippen molar-refractivity contribution in [3.05, 3.63) is 110 Å². The fraction of sp³-hybridized carbons (Fsp3) is 0.308. The Hall–Kier alpha value is -3.90. The maximum atomic E-state index is 10.9. The van der Waals surface area contributed by atoms with E-state index >= 15 is 0 Å². The quantitative estimate of drug-likeness (QED) is 0.231. The highest BCUT2D eigenvalue weighted by molar-refractivity contribution is 5.35. The van der Waals surface area contributed by atoms with E-state index in [9.17, 15) is 35.5 Å². The third kappa shape index (κ3) is 8.05. The van der Waals surface area contributed by atoms with E-state index in [2.05, 4.69) is 0 Å². The van der Waals surface area contributed by atoms with Crippen LogP contribution in [-0.4, -0.2) is 62.4 Å². The van der Waals surface area contributed by atoms with Crippen LogP contribution in [0.4, 0.5) is 11.4 Å². The van der Waals surface area contributed by atoms with Gasteiger partial charge in [0.05, 0.1) is 22.1 Å². The summed E-state index contributed by atoms with van der Waals surface area (Å²) in [5.41, 5.74) is 1.57. The molecule has 0 bridgehead atoms. The average Bonchev–Trinajstić information content (AvgIpc) is 2.88. The first-order valence-electron chi connectivity index (χ1n) is 11.6. The van der Waals surface area contributed by atoms with Crippen molar-refractivity contribution in [1.82, 2.24) is 4.90 Å². The van der Waals surface area contributed by atoms with Crippen molar-refractivity contribution in [3.63, 3.8) is 0 Å². The number of nitrogens with zero attached hydrogens (tertiary/aromatic N) is 3. The van der Waals surface area contributed by atoms with Crippen molar-refractivity contribution < 1.29 is 29.9 Å². The Balaban J connectivity index is 1.71. The lowest BCUT2D eigenvalue weighted by atomic mass is 10.1. The third-order valence-corrected chi connectivity index (χ3v) is 5.83. The Kier molecular flexibility index (Phi) is 9.64. The molecule has 3 aromatic carbocycles. The van der Waals surface area contributed by atoms with E-state index in [1.807, 2.05) is 25.1 Å². The first kappa shape index (κ1) is 27.7. The smallest absolute Gasteiger partial charge is 0.269 e. The fourth-order valence-electron chi connectivity index (χ4n) is 3.82. The third-order valence-electron chi connectivity index (χ3n) is 5.83. The van der Waals surface area contributed by atoms with Crippen LogP contribution in [0.2, 0.25) is 0 Å². The number of ether oxygens (including phenoxy) is 1. The monoisotopic (exact) mass is 511 g/mol. The van der Waals surface area contributed by atoms with Gasteiger partial charge in [0.2, 0.25) is 0 Å². The highest BCUT2D eigenvalue weighted by Gasteiger charge is 2.22. The first-order valence-corrected chi connectivity index (χ1v) is 11.6. The molecule has 3 aromatic rings. The topological polar surface area (TPSA) is 159 Å². The zero-order valence-corrected chi connectivity index (χ0v) is 20.2. The van der Waals surface area contributed by atoms with Crippen LogP contribution in [0.1, 0.15) is 28.9 Å². The Labute approximate surface area is 213 Å². The lowest BCUT2D eigenvalue weighted by molar-refractivity contribution is -0.385. The fourth-order valence-corrected chi connectivity index (χ4v) is 3.82. The largest absolute Gasteiger partial charge is 0.491 e. The molecule has 3 N–H and O–H groups in total. The molecule has 0 heterocycles. The molecule has 0 amide bonds. The van der Waals surface area contributed by atoms with E-state index in [-0.39, 0.29) is 37.6 Å². The van der Waals surface area contributed by atoms with E-state index in [1.54, 1.807) is 11.0 Å². The van der Waals surface area contributed by atoms with Crippen LogP contribution >= 0.6 is 0 Å². The maximum Gasteiger partial charge on any atom is 0.269 e. The molecule has 11 nitrogen and oxygen atoms in total.